The van der Waals surface area contributed by atoms with Crippen molar-refractivity contribution in [2.75, 3.05) is 27.0 Å². The molecule has 3 heterocycles. The number of ether oxygens (including phenoxy) is 3. The summed E-state index contributed by atoms with van der Waals surface area (Å²) in [5.74, 6) is 2.06. The number of hydrogen-bond acceptors (Lipinski definition) is 5. The topological polar surface area (TPSA) is 80.3 Å². The molecule has 0 aromatic heterocycles. The zero-order valence-corrected chi connectivity index (χ0v) is 17.4. The third-order valence-electron chi connectivity index (χ3n) is 5.77. The number of nitrogens with one attached hydrogen (secondary N) is 1. The van der Waals surface area contributed by atoms with Gasteiger partial charge in [0.15, 0.2) is 11.5 Å². The fourth-order valence-electron chi connectivity index (χ4n) is 4.18. The maximum atomic E-state index is 13.4. The van der Waals surface area contributed by atoms with E-state index in [4.69, 9.17) is 14.2 Å². The summed E-state index contributed by atoms with van der Waals surface area (Å²) < 4.78 is 16.3. The number of carbonyl (C=O) groups excluding carboxylic acids is 2. The number of amides is 3. The third kappa shape index (κ3) is 3.34. The lowest BCUT2D eigenvalue weighted by Gasteiger charge is -2.31. The van der Waals surface area contributed by atoms with E-state index in [1.165, 1.54) is 4.90 Å². The third-order valence-corrected chi connectivity index (χ3v) is 5.77. The van der Waals surface area contributed by atoms with Crippen LogP contribution in [0.2, 0.25) is 0 Å². The van der Waals surface area contributed by atoms with E-state index in [0.717, 1.165) is 22.6 Å². The van der Waals surface area contributed by atoms with Crippen molar-refractivity contribution in [3.8, 4) is 17.2 Å². The van der Waals surface area contributed by atoms with Gasteiger partial charge in [0.05, 0.1) is 30.5 Å². The summed E-state index contributed by atoms with van der Waals surface area (Å²) in [6, 6.07) is 12.4. The minimum absolute atomic E-state index is 0.0848. The Balaban J connectivity index is 1.41. The summed E-state index contributed by atoms with van der Waals surface area (Å²) in [6.07, 6.45) is 0. The molecule has 0 bridgehead atoms. The van der Waals surface area contributed by atoms with E-state index in [1.54, 1.807) is 11.9 Å². The number of fused-ring (bicyclic) bond motifs is 1. The first kappa shape index (κ1) is 19.3. The van der Waals surface area contributed by atoms with Crippen LogP contribution in [0, 0.1) is 0 Å². The molecule has 1 N–H and O–H groups in total. The standard InChI is InChI=1S/C23H23N3O5/c1-3-29-16-7-5-15(6-8-16)21-20-17(25(2)23(28)24-21)12-26(22(20)27)11-14-4-9-18-19(10-14)31-13-30-18/h4-10,21H,3,11-13H2,1-2H3,(H,24,28). The van der Waals surface area contributed by atoms with Gasteiger partial charge in [-0.2, -0.15) is 0 Å². The molecular formula is C23H23N3O5. The first-order valence-corrected chi connectivity index (χ1v) is 10.2. The quantitative estimate of drug-likeness (QED) is 0.803. The van der Waals surface area contributed by atoms with Crippen LogP contribution in [0.4, 0.5) is 4.79 Å². The van der Waals surface area contributed by atoms with Gasteiger partial charge in [0.2, 0.25) is 6.79 Å². The number of rotatable bonds is 5. The first-order valence-electron chi connectivity index (χ1n) is 10.2. The average Bonchev–Trinajstić information content (AvgIpc) is 3.36. The van der Waals surface area contributed by atoms with E-state index < -0.39 is 6.04 Å². The number of benzene rings is 2. The highest BCUT2D eigenvalue weighted by atomic mass is 16.7. The normalized spacial score (nSPS) is 19.6. The number of carbonyl (C=O) groups is 2. The Morgan fingerprint density at radius 1 is 1.10 bits per heavy atom. The predicted molar refractivity (Wildman–Crippen MR) is 112 cm³/mol. The summed E-state index contributed by atoms with van der Waals surface area (Å²) in [5.41, 5.74) is 3.12. The number of urea groups is 1. The molecule has 5 rings (SSSR count). The molecule has 160 valence electrons. The summed E-state index contributed by atoms with van der Waals surface area (Å²) >= 11 is 0. The fraction of sp³-hybridized carbons (Fsp3) is 0.304. The van der Waals surface area contributed by atoms with Crippen molar-refractivity contribution in [1.29, 1.82) is 0 Å². The molecule has 0 radical (unpaired) electrons. The smallest absolute Gasteiger partial charge is 0.322 e. The van der Waals surface area contributed by atoms with Crippen molar-refractivity contribution in [2.24, 2.45) is 0 Å². The molecular weight excluding hydrogens is 398 g/mol. The molecule has 0 fully saturated rings. The van der Waals surface area contributed by atoms with Crippen molar-refractivity contribution in [1.82, 2.24) is 15.1 Å². The molecule has 1 unspecified atom stereocenters. The molecule has 2 aromatic carbocycles. The number of nitrogens with zero attached hydrogens (tertiary/aromatic N) is 2. The van der Waals surface area contributed by atoms with Crippen molar-refractivity contribution in [3.63, 3.8) is 0 Å². The maximum absolute atomic E-state index is 13.4. The summed E-state index contributed by atoms with van der Waals surface area (Å²) in [5, 5.41) is 2.96. The molecule has 0 aliphatic carbocycles. The summed E-state index contributed by atoms with van der Waals surface area (Å²) in [6.45, 7) is 3.50. The van der Waals surface area contributed by atoms with Gasteiger partial charge in [-0.3, -0.25) is 9.69 Å². The van der Waals surface area contributed by atoms with Crippen LogP contribution in [0.5, 0.6) is 17.2 Å². The van der Waals surface area contributed by atoms with Crippen LogP contribution in [0.15, 0.2) is 53.7 Å². The van der Waals surface area contributed by atoms with Gasteiger partial charge in [-0.25, -0.2) is 4.79 Å². The molecule has 1 atom stereocenters. The number of likely N-dealkylation sites (N-methyl/N-ethyl adjacent to an activating group) is 1. The van der Waals surface area contributed by atoms with Crippen LogP contribution in [-0.2, 0) is 11.3 Å². The van der Waals surface area contributed by atoms with E-state index in [-0.39, 0.29) is 18.7 Å². The fourth-order valence-corrected chi connectivity index (χ4v) is 4.18. The van der Waals surface area contributed by atoms with Crippen molar-refractivity contribution >= 4 is 11.9 Å². The monoisotopic (exact) mass is 421 g/mol. The Labute approximate surface area is 180 Å². The maximum Gasteiger partial charge on any atom is 0.322 e. The van der Waals surface area contributed by atoms with Crippen molar-refractivity contribution in [3.05, 3.63) is 64.9 Å². The van der Waals surface area contributed by atoms with E-state index >= 15 is 0 Å². The van der Waals surface area contributed by atoms with E-state index in [9.17, 15) is 9.59 Å². The van der Waals surface area contributed by atoms with Crippen LogP contribution in [0.25, 0.3) is 0 Å². The molecule has 3 aliphatic rings. The lowest BCUT2D eigenvalue weighted by atomic mass is 9.95. The Bertz CT molecular complexity index is 1080. The van der Waals surface area contributed by atoms with Gasteiger partial charge in [0.25, 0.3) is 5.91 Å². The first-order chi connectivity index (χ1) is 15.0. The number of hydrogen-bond donors (Lipinski definition) is 1. The second kappa shape index (κ2) is 7.54. The molecule has 0 spiro atoms. The van der Waals surface area contributed by atoms with Crippen molar-refractivity contribution in [2.45, 2.75) is 19.5 Å². The van der Waals surface area contributed by atoms with Crippen LogP contribution >= 0.6 is 0 Å². The van der Waals surface area contributed by atoms with Crippen LogP contribution in [-0.4, -0.2) is 48.7 Å². The van der Waals surface area contributed by atoms with Gasteiger partial charge in [-0.15, -0.1) is 0 Å². The SMILES string of the molecule is CCOc1ccc(C2NC(=O)N(C)C3=C2C(=O)N(Cc2ccc4c(c2)OCO4)C3)cc1. The molecule has 31 heavy (non-hydrogen) atoms. The van der Waals surface area contributed by atoms with Crippen LogP contribution in [0.1, 0.15) is 24.1 Å². The summed E-state index contributed by atoms with van der Waals surface area (Å²) in [4.78, 5) is 29.3. The van der Waals surface area contributed by atoms with Crippen molar-refractivity contribution < 1.29 is 23.8 Å². The largest absolute Gasteiger partial charge is 0.494 e. The lowest BCUT2D eigenvalue weighted by Crippen LogP contribution is -2.45. The molecule has 8 heteroatoms. The molecule has 2 aromatic rings. The molecule has 0 saturated carbocycles. The van der Waals surface area contributed by atoms with Crippen LogP contribution < -0.4 is 19.5 Å². The van der Waals surface area contributed by atoms with Gasteiger partial charge in [-0.05, 0) is 42.3 Å². The average molecular weight is 421 g/mol. The highest BCUT2D eigenvalue weighted by molar-refractivity contribution is 6.01. The Morgan fingerprint density at radius 3 is 2.65 bits per heavy atom. The minimum atomic E-state index is -0.497. The minimum Gasteiger partial charge on any atom is -0.494 e. The lowest BCUT2D eigenvalue weighted by molar-refractivity contribution is -0.126. The Kier molecular flexibility index (Phi) is 4.69. The molecule has 0 saturated heterocycles. The molecule has 8 nitrogen and oxygen atoms in total. The molecule has 3 amide bonds. The van der Waals surface area contributed by atoms with Gasteiger partial charge in [0.1, 0.15) is 5.75 Å². The summed E-state index contributed by atoms with van der Waals surface area (Å²) in [7, 11) is 1.69. The highest BCUT2D eigenvalue weighted by Crippen LogP contribution is 2.38. The van der Waals surface area contributed by atoms with Gasteiger partial charge < -0.3 is 24.4 Å². The Morgan fingerprint density at radius 2 is 1.87 bits per heavy atom. The second-order valence-electron chi connectivity index (χ2n) is 7.65. The van der Waals surface area contributed by atoms with Gasteiger partial charge >= 0.3 is 6.03 Å². The zero-order valence-electron chi connectivity index (χ0n) is 17.4. The van der Waals surface area contributed by atoms with E-state index in [2.05, 4.69) is 5.32 Å². The van der Waals surface area contributed by atoms with E-state index in [1.807, 2.05) is 49.4 Å². The van der Waals surface area contributed by atoms with Gasteiger partial charge in [-0.1, -0.05) is 18.2 Å². The Hall–Kier alpha value is -3.68. The predicted octanol–water partition coefficient (Wildman–Crippen LogP) is 2.81. The van der Waals surface area contributed by atoms with E-state index in [0.29, 0.717) is 36.8 Å². The zero-order chi connectivity index (χ0) is 21.5. The molecule has 3 aliphatic heterocycles. The second-order valence-corrected chi connectivity index (χ2v) is 7.65. The van der Waals surface area contributed by atoms with Gasteiger partial charge in [0, 0.05) is 13.6 Å². The highest BCUT2D eigenvalue weighted by Gasteiger charge is 2.42. The van der Waals surface area contributed by atoms with Crippen LogP contribution in [0.3, 0.4) is 0 Å².